The summed E-state index contributed by atoms with van der Waals surface area (Å²) in [7, 11) is 2.07. The summed E-state index contributed by atoms with van der Waals surface area (Å²) < 4.78 is 1.13. The minimum atomic E-state index is 0. The molecule has 96 valence electrons. The van der Waals surface area contributed by atoms with Gasteiger partial charge in [0.2, 0.25) is 6.41 Å². The molecule has 17 heavy (non-hydrogen) atoms. The Morgan fingerprint density at radius 2 is 1.65 bits per heavy atom. The van der Waals surface area contributed by atoms with Crippen molar-refractivity contribution in [3.63, 3.8) is 0 Å². The Labute approximate surface area is 117 Å². The summed E-state index contributed by atoms with van der Waals surface area (Å²) in [4.78, 5) is 14.2. The van der Waals surface area contributed by atoms with Crippen LogP contribution in [0, 0.1) is 0 Å². The molecule has 0 spiro atoms. The van der Waals surface area contributed by atoms with Gasteiger partial charge in [-0.15, -0.1) is 12.4 Å². The van der Waals surface area contributed by atoms with Gasteiger partial charge in [-0.2, -0.15) is 0 Å². The number of likely N-dealkylation sites (N-methyl/N-ethyl adjacent to an activating group) is 1. The van der Waals surface area contributed by atoms with Crippen molar-refractivity contribution in [2.75, 3.05) is 33.2 Å². The first-order chi connectivity index (χ1) is 7.72. The van der Waals surface area contributed by atoms with Crippen molar-refractivity contribution in [1.29, 1.82) is 0 Å². The van der Waals surface area contributed by atoms with E-state index in [1.807, 2.05) is 30.3 Å². The highest BCUT2D eigenvalue weighted by atomic mass is 79.9. The molecule has 0 unspecified atom stereocenters. The van der Waals surface area contributed by atoms with Crippen LogP contribution < -0.4 is 0 Å². The molecule has 1 aromatic rings. The smallest absolute Gasteiger partial charge is 0.209 e. The number of halogens is 2. The van der Waals surface area contributed by atoms with E-state index < -0.39 is 0 Å². The zero-order chi connectivity index (χ0) is 11.8. The highest BCUT2D eigenvalue weighted by Crippen LogP contribution is 2.05. The Hall–Kier alpha value is -0.580. The predicted octanol–water partition coefficient (Wildman–Crippen LogP) is 2.26. The molecule has 3 nitrogen and oxygen atoms in total. The fourth-order valence-corrected chi connectivity index (χ4v) is 1.65. The topological polar surface area (TPSA) is 23.6 Å². The van der Waals surface area contributed by atoms with Crippen molar-refractivity contribution in [3.05, 3.63) is 34.8 Å². The molecular weight excluding hydrogens is 304 g/mol. The Kier molecular flexibility index (Phi) is 9.13. The van der Waals surface area contributed by atoms with Gasteiger partial charge >= 0.3 is 0 Å². The van der Waals surface area contributed by atoms with E-state index in [9.17, 15) is 4.79 Å². The van der Waals surface area contributed by atoms with E-state index >= 15 is 0 Å². The third kappa shape index (κ3) is 7.36. The summed E-state index contributed by atoms with van der Waals surface area (Å²) in [6, 6.07) is 9.97. The van der Waals surface area contributed by atoms with Crippen LogP contribution in [0.5, 0.6) is 0 Å². The normalized spacial score (nSPS) is 15.3. The van der Waals surface area contributed by atoms with Crippen molar-refractivity contribution < 1.29 is 4.79 Å². The molecule has 0 radical (unpaired) electrons. The molecule has 5 heteroatoms. The predicted molar refractivity (Wildman–Crippen MR) is 76.5 cm³/mol. The molecule has 0 saturated carbocycles. The monoisotopic (exact) mass is 320 g/mol. The van der Waals surface area contributed by atoms with Crippen LogP contribution in [-0.4, -0.2) is 49.4 Å². The summed E-state index contributed by atoms with van der Waals surface area (Å²) in [6.45, 7) is 3.80. The minimum absolute atomic E-state index is 0. The van der Waals surface area contributed by atoms with Crippen molar-refractivity contribution in [2.45, 2.75) is 0 Å². The first-order valence-electron chi connectivity index (χ1n) is 5.31. The zero-order valence-electron chi connectivity index (χ0n) is 9.88. The molecule has 0 aliphatic carbocycles. The van der Waals surface area contributed by atoms with Crippen LogP contribution in [0.2, 0.25) is 0 Å². The van der Waals surface area contributed by atoms with Crippen LogP contribution >= 0.6 is 28.3 Å². The molecular formula is C12H18BrClN2O. The zero-order valence-corrected chi connectivity index (χ0v) is 12.3. The first kappa shape index (κ1) is 16.4. The average molecular weight is 322 g/mol. The standard InChI is InChI=1S/C6H5Br.C6H12N2O.ClH/c7-6-4-2-1-3-5-6;1-7-2-4-8(6-9)5-3-7;/h1-5H;6H,2-5H2,1H3;1H. The van der Waals surface area contributed by atoms with E-state index in [0.717, 1.165) is 37.1 Å². The van der Waals surface area contributed by atoms with Crippen molar-refractivity contribution in [2.24, 2.45) is 0 Å². The molecule has 0 N–H and O–H groups in total. The van der Waals surface area contributed by atoms with Crippen LogP contribution in [0.1, 0.15) is 0 Å². The van der Waals surface area contributed by atoms with E-state index in [4.69, 9.17) is 0 Å². The molecule has 1 saturated heterocycles. The minimum Gasteiger partial charge on any atom is -0.343 e. The Morgan fingerprint density at radius 3 is 2.00 bits per heavy atom. The number of piperazine rings is 1. The highest BCUT2D eigenvalue weighted by molar-refractivity contribution is 9.10. The van der Waals surface area contributed by atoms with E-state index in [-0.39, 0.29) is 12.4 Å². The van der Waals surface area contributed by atoms with Crippen LogP contribution in [0.4, 0.5) is 0 Å². The van der Waals surface area contributed by atoms with Gasteiger partial charge < -0.3 is 9.80 Å². The number of benzene rings is 1. The molecule has 1 aliphatic rings. The molecule has 1 heterocycles. The molecule has 1 amide bonds. The summed E-state index contributed by atoms with van der Waals surface area (Å²) >= 11 is 3.31. The lowest BCUT2D eigenvalue weighted by atomic mass is 10.4. The van der Waals surface area contributed by atoms with Crippen LogP contribution in [0.15, 0.2) is 34.8 Å². The van der Waals surface area contributed by atoms with Gasteiger partial charge in [0.15, 0.2) is 0 Å². The van der Waals surface area contributed by atoms with Gasteiger partial charge in [-0.3, -0.25) is 4.79 Å². The number of amides is 1. The Balaban J connectivity index is 0.000000292. The lowest BCUT2D eigenvalue weighted by Gasteiger charge is -2.29. The second-order valence-corrected chi connectivity index (χ2v) is 4.66. The third-order valence-electron chi connectivity index (χ3n) is 2.42. The largest absolute Gasteiger partial charge is 0.343 e. The van der Waals surface area contributed by atoms with Crippen molar-refractivity contribution >= 4 is 34.7 Å². The number of nitrogens with zero attached hydrogens (tertiary/aromatic N) is 2. The van der Waals surface area contributed by atoms with E-state index in [0.29, 0.717) is 0 Å². The quantitative estimate of drug-likeness (QED) is 0.741. The van der Waals surface area contributed by atoms with Crippen molar-refractivity contribution in [1.82, 2.24) is 9.80 Å². The summed E-state index contributed by atoms with van der Waals surface area (Å²) in [6.07, 6.45) is 0.924. The maximum Gasteiger partial charge on any atom is 0.209 e. The fraction of sp³-hybridized carbons (Fsp3) is 0.417. The molecule has 1 aromatic carbocycles. The third-order valence-corrected chi connectivity index (χ3v) is 2.95. The van der Waals surface area contributed by atoms with Gasteiger partial charge in [0.1, 0.15) is 0 Å². The molecule has 2 rings (SSSR count). The van der Waals surface area contributed by atoms with Gasteiger partial charge in [-0.05, 0) is 19.2 Å². The number of carbonyl (C=O) groups excluding carboxylic acids is 1. The fourth-order valence-electron chi connectivity index (χ4n) is 1.34. The number of hydrogen-bond donors (Lipinski definition) is 0. The van der Waals surface area contributed by atoms with Gasteiger partial charge in [0.05, 0.1) is 0 Å². The van der Waals surface area contributed by atoms with Crippen LogP contribution in [-0.2, 0) is 4.79 Å². The maximum absolute atomic E-state index is 10.2. The molecule has 0 atom stereocenters. The molecule has 1 fully saturated rings. The first-order valence-corrected chi connectivity index (χ1v) is 6.10. The molecule has 0 aromatic heterocycles. The second-order valence-electron chi connectivity index (χ2n) is 3.74. The average Bonchev–Trinajstić information content (AvgIpc) is 2.32. The van der Waals surface area contributed by atoms with E-state index in [1.165, 1.54) is 0 Å². The van der Waals surface area contributed by atoms with Gasteiger partial charge in [-0.25, -0.2) is 0 Å². The van der Waals surface area contributed by atoms with E-state index in [1.54, 1.807) is 4.90 Å². The summed E-state index contributed by atoms with van der Waals surface area (Å²) in [5, 5.41) is 0. The molecule has 1 aliphatic heterocycles. The van der Waals surface area contributed by atoms with Crippen LogP contribution in [0.3, 0.4) is 0 Å². The second kappa shape index (κ2) is 9.45. The summed E-state index contributed by atoms with van der Waals surface area (Å²) in [5.41, 5.74) is 0. The number of rotatable bonds is 1. The molecule has 0 bridgehead atoms. The lowest BCUT2D eigenvalue weighted by Crippen LogP contribution is -2.43. The highest BCUT2D eigenvalue weighted by Gasteiger charge is 2.10. The Bertz CT molecular complexity index is 303. The lowest BCUT2D eigenvalue weighted by molar-refractivity contribution is -0.119. The van der Waals surface area contributed by atoms with Gasteiger partial charge in [-0.1, -0.05) is 34.1 Å². The van der Waals surface area contributed by atoms with Crippen molar-refractivity contribution in [3.8, 4) is 0 Å². The number of hydrogen-bond acceptors (Lipinski definition) is 2. The number of carbonyl (C=O) groups is 1. The summed E-state index contributed by atoms with van der Waals surface area (Å²) in [5.74, 6) is 0. The van der Waals surface area contributed by atoms with Crippen LogP contribution in [0.25, 0.3) is 0 Å². The van der Waals surface area contributed by atoms with E-state index in [2.05, 4.69) is 27.9 Å². The Morgan fingerprint density at radius 1 is 1.12 bits per heavy atom. The van der Waals surface area contributed by atoms with Gasteiger partial charge in [0, 0.05) is 30.7 Å². The van der Waals surface area contributed by atoms with Gasteiger partial charge in [0.25, 0.3) is 0 Å². The SMILES string of the molecule is Brc1ccccc1.CN1CCN(C=O)CC1.Cl. The maximum atomic E-state index is 10.2.